The number of fused-ring (bicyclic) bond motifs is 1. The van der Waals surface area contributed by atoms with E-state index in [1.54, 1.807) is 13.8 Å². The molecule has 0 aromatic heterocycles. The number of nitrogens with zero attached hydrogens (tertiary/aromatic N) is 1. The molecule has 8 heteroatoms. The Morgan fingerprint density at radius 3 is 1.84 bits per heavy atom. The minimum atomic E-state index is -1.04. The van der Waals surface area contributed by atoms with E-state index >= 15 is 0 Å². The largest absolute Gasteiger partial charge is 0.456 e. The highest BCUT2D eigenvalue weighted by Gasteiger charge is 2.58. The van der Waals surface area contributed by atoms with Crippen LogP contribution in [0.25, 0.3) is 0 Å². The number of carbonyl (C=O) groups is 1. The van der Waals surface area contributed by atoms with Gasteiger partial charge >= 0.3 is 5.97 Å². The van der Waals surface area contributed by atoms with Gasteiger partial charge in [0.2, 0.25) is 0 Å². The summed E-state index contributed by atoms with van der Waals surface area (Å²) < 4.78 is 30.2. The normalized spacial score (nSPS) is 24.7. The smallest absolute Gasteiger partial charge is 0.303 e. The molecule has 38 heavy (non-hydrogen) atoms. The predicted molar refractivity (Wildman–Crippen MR) is 139 cm³/mol. The Hall–Kier alpha value is -3.56. The van der Waals surface area contributed by atoms with E-state index < -0.39 is 42.0 Å². The number of rotatable bonds is 8. The summed E-state index contributed by atoms with van der Waals surface area (Å²) >= 11 is 0. The highest BCUT2D eigenvalue weighted by atomic mass is 16.8. The number of benzene rings is 3. The number of esters is 1. The topological polar surface area (TPSA) is 95.8 Å². The van der Waals surface area contributed by atoms with Gasteiger partial charge in [-0.05, 0) is 30.5 Å². The Bertz CT molecular complexity index is 1170. The van der Waals surface area contributed by atoms with E-state index in [0.717, 1.165) is 16.7 Å². The molecule has 3 aromatic rings. The van der Waals surface area contributed by atoms with Crippen LogP contribution in [0.1, 0.15) is 37.5 Å². The quantitative estimate of drug-likeness (QED) is 0.153. The van der Waals surface area contributed by atoms with Crippen LogP contribution in [-0.4, -0.2) is 53.9 Å². The van der Waals surface area contributed by atoms with Crippen molar-refractivity contribution in [2.75, 3.05) is 6.61 Å². The molecule has 3 aromatic carbocycles. The van der Waals surface area contributed by atoms with Crippen molar-refractivity contribution in [3.05, 3.63) is 108 Å². The summed E-state index contributed by atoms with van der Waals surface area (Å²) in [5, 5.41) is 13.7. The van der Waals surface area contributed by atoms with Gasteiger partial charge in [-0.2, -0.15) is 0 Å². The molecular weight excluding hydrogens is 486 g/mol. The Kier molecular flexibility index (Phi) is 7.32. The van der Waals surface area contributed by atoms with E-state index in [1.807, 2.05) is 91.0 Å². The Morgan fingerprint density at radius 2 is 1.39 bits per heavy atom. The van der Waals surface area contributed by atoms with Crippen molar-refractivity contribution in [2.24, 2.45) is 5.16 Å². The Morgan fingerprint density at radius 1 is 0.895 bits per heavy atom. The Labute approximate surface area is 221 Å². The van der Waals surface area contributed by atoms with Crippen LogP contribution in [0.4, 0.5) is 0 Å². The minimum absolute atomic E-state index is 0.138. The van der Waals surface area contributed by atoms with Crippen molar-refractivity contribution in [3.63, 3.8) is 0 Å². The number of hydrogen-bond acceptors (Lipinski definition) is 8. The maximum atomic E-state index is 12.0. The maximum Gasteiger partial charge on any atom is 0.303 e. The van der Waals surface area contributed by atoms with Crippen LogP contribution < -0.4 is 0 Å². The fraction of sp³-hybridized carbons (Fsp3) is 0.333. The van der Waals surface area contributed by atoms with Crippen molar-refractivity contribution in [2.45, 2.75) is 56.8 Å². The highest BCUT2D eigenvalue weighted by molar-refractivity contribution is 5.91. The number of ether oxygens (including phenoxy) is 5. The lowest BCUT2D eigenvalue weighted by Gasteiger charge is -2.36. The molecule has 5 rings (SSSR count). The summed E-state index contributed by atoms with van der Waals surface area (Å²) in [7, 11) is 0. The molecule has 8 nitrogen and oxygen atoms in total. The molecule has 0 radical (unpaired) electrons. The molecule has 2 saturated heterocycles. The van der Waals surface area contributed by atoms with Gasteiger partial charge < -0.3 is 28.9 Å². The second-order valence-electron chi connectivity index (χ2n) is 9.76. The van der Waals surface area contributed by atoms with Gasteiger partial charge in [-0.15, -0.1) is 0 Å². The van der Waals surface area contributed by atoms with Gasteiger partial charge in [0.05, 0.1) is 6.61 Å². The molecule has 2 aliphatic heterocycles. The van der Waals surface area contributed by atoms with Crippen LogP contribution >= 0.6 is 0 Å². The summed E-state index contributed by atoms with van der Waals surface area (Å²) in [6.45, 7) is 4.68. The first-order valence-corrected chi connectivity index (χ1v) is 12.5. The molecule has 0 amide bonds. The average molecular weight is 518 g/mol. The van der Waals surface area contributed by atoms with E-state index in [0.29, 0.717) is 0 Å². The van der Waals surface area contributed by atoms with E-state index in [1.165, 1.54) is 6.92 Å². The van der Waals surface area contributed by atoms with Crippen molar-refractivity contribution in [1.29, 1.82) is 0 Å². The van der Waals surface area contributed by atoms with Gasteiger partial charge in [-0.1, -0.05) is 96.2 Å². The molecule has 0 unspecified atom stereocenters. The number of carbonyl (C=O) groups excluding carboxylic acids is 1. The second kappa shape index (κ2) is 10.7. The molecule has 0 aliphatic carbocycles. The highest BCUT2D eigenvalue weighted by Crippen LogP contribution is 2.42. The first-order valence-electron chi connectivity index (χ1n) is 12.5. The Balaban J connectivity index is 1.52. The molecule has 0 bridgehead atoms. The lowest BCUT2D eigenvalue weighted by atomic mass is 9.80. The zero-order valence-corrected chi connectivity index (χ0v) is 21.5. The zero-order chi connectivity index (χ0) is 26.8. The molecule has 2 fully saturated rings. The molecule has 0 saturated carbocycles. The average Bonchev–Trinajstić information content (AvgIpc) is 3.40. The zero-order valence-electron chi connectivity index (χ0n) is 21.5. The van der Waals surface area contributed by atoms with E-state index in [4.69, 9.17) is 23.7 Å². The van der Waals surface area contributed by atoms with Crippen LogP contribution in [0.15, 0.2) is 96.2 Å². The summed E-state index contributed by atoms with van der Waals surface area (Å²) in [5.41, 5.74) is 1.78. The van der Waals surface area contributed by atoms with E-state index in [-0.39, 0.29) is 12.3 Å². The van der Waals surface area contributed by atoms with Crippen molar-refractivity contribution < 1.29 is 33.7 Å². The standard InChI is InChI=1S/C30H31NO7/c1-20(32)35-26-25(36-28-27(26)37-29(2,3)38-28)24(31-33)19-34-30(21-13-7-4-8-14-21,22-15-9-5-10-16-22)23-17-11-6-12-18-23/h4-18,25-28,33H,19H2,1-3H3/b31-24+/t25-,26-,27-,28-/m1/s1. The van der Waals surface area contributed by atoms with Crippen LogP contribution in [0.2, 0.25) is 0 Å². The molecule has 4 atom stereocenters. The first-order chi connectivity index (χ1) is 18.3. The maximum absolute atomic E-state index is 12.0. The minimum Gasteiger partial charge on any atom is -0.456 e. The summed E-state index contributed by atoms with van der Waals surface area (Å²) in [6, 6.07) is 29.5. The van der Waals surface area contributed by atoms with Crippen molar-refractivity contribution in [3.8, 4) is 0 Å². The summed E-state index contributed by atoms with van der Waals surface area (Å²) in [4.78, 5) is 12.0. The molecule has 0 spiro atoms. The van der Waals surface area contributed by atoms with E-state index in [2.05, 4.69) is 5.16 Å². The fourth-order valence-corrected chi connectivity index (χ4v) is 5.19. The molecule has 1 N–H and O–H groups in total. The molecular formula is C30H31NO7. The third kappa shape index (κ3) is 4.96. The summed E-state index contributed by atoms with van der Waals surface area (Å²) in [5.74, 6) is -1.42. The predicted octanol–water partition coefficient (Wildman–Crippen LogP) is 4.63. The first kappa shape index (κ1) is 26.1. The van der Waals surface area contributed by atoms with Crippen molar-refractivity contribution >= 4 is 11.7 Å². The fourth-order valence-electron chi connectivity index (χ4n) is 5.19. The van der Waals surface area contributed by atoms with Gasteiger partial charge in [-0.25, -0.2) is 0 Å². The monoisotopic (exact) mass is 517 g/mol. The molecule has 2 aliphatic rings. The third-order valence-electron chi connectivity index (χ3n) is 6.73. The van der Waals surface area contributed by atoms with Crippen LogP contribution in [0.3, 0.4) is 0 Å². The van der Waals surface area contributed by atoms with E-state index in [9.17, 15) is 10.0 Å². The van der Waals surface area contributed by atoms with Gasteiger partial charge in [0.25, 0.3) is 0 Å². The second-order valence-corrected chi connectivity index (χ2v) is 9.76. The van der Waals surface area contributed by atoms with Gasteiger partial charge in [0.15, 0.2) is 24.3 Å². The van der Waals surface area contributed by atoms with Gasteiger partial charge in [-0.3, -0.25) is 4.79 Å². The van der Waals surface area contributed by atoms with Crippen LogP contribution in [0.5, 0.6) is 0 Å². The lowest BCUT2D eigenvalue weighted by Crippen LogP contribution is -2.44. The summed E-state index contributed by atoms with van der Waals surface area (Å²) in [6.07, 6.45) is -3.29. The van der Waals surface area contributed by atoms with Gasteiger partial charge in [0, 0.05) is 6.92 Å². The number of hydrogen-bond donors (Lipinski definition) is 1. The molecule has 198 valence electrons. The SMILES string of the molecule is CC(=O)O[C@H]1[C@H]2OC(C)(C)O[C@H]2O[C@@H]1/C(COC(c1ccccc1)(c1ccccc1)c1ccccc1)=N/O. The number of oxime groups is 1. The third-order valence-corrected chi connectivity index (χ3v) is 6.73. The van der Waals surface area contributed by atoms with Gasteiger partial charge in [0.1, 0.15) is 17.4 Å². The van der Waals surface area contributed by atoms with Crippen molar-refractivity contribution in [1.82, 2.24) is 0 Å². The molecule has 2 heterocycles. The van der Waals surface area contributed by atoms with Crippen LogP contribution in [0, 0.1) is 0 Å². The van der Waals surface area contributed by atoms with Crippen LogP contribution in [-0.2, 0) is 34.1 Å². The lowest BCUT2D eigenvalue weighted by molar-refractivity contribution is -0.211.